The van der Waals surface area contributed by atoms with Gasteiger partial charge in [0.2, 0.25) is 0 Å². The Kier molecular flexibility index (Phi) is 3.62. The number of hydrogen-bond donors (Lipinski definition) is 0. The molecule has 3 unspecified atom stereocenters. The van der Waals surface area contributed by atoms with Crippen molar-refractivity contribution in [2.45, 2.75) is 46.9 Å². The van der Waals surface area contributed by atoms with Crippen LogP contribution in [0, 0.1) is 10.8 Å². The van der Waals surface area contributed by atoms with Crippen molar-refractivity contribution in [1.29, 1.82) is 0 Å². The van der Waals surface area contributed by atoms with Crippen molar-refractivity contribution in [3.63, 3.8) is 0 Å². The van der Waals surface area contributed by atoms with Gasteiger partial charge in [0.15, 0.2) is 0 Å². The van der Waals surface area contributed by atoms with Gasteiger partial charge in [0.25, 0.3) is 0 Å². The minimum atomic E-state index is 0.451. The van der Waals surface area contributed by atoms with Crippen molar-refractivity contribution in [2.24, 2.45) is 10.8 Å². The highest BCUT2D eigenvalue weighted by atomic mass is 32.0. The molecule has 0 N–H and O–H groups in total. The van der Waals surface area contributed by atoms with Crippen LogP contribution in [-0.4, -0.2) is 10.4 Å². The zero-order valence-electron chi connectivity index (χ0n) is 9.52. The standard InChI is InChI=1S/C10H21P3/c1-9(2,3)7-11-8(13-12-7)10(4,5)6/h7,12-13H,1-6H3. The lowest BCUT2D eigenvalue weighted by atomic mass is 10.00. The van der Waals surface area contributed by atoms with Gasteiger partial charge in [-0.2, -0.15) is 0 Å². The second-order valence-electron chi connectivity index (χ2n) is 5.77. The molecule has 0 bridgehead atoms. The topological polar surface area (TPSA) is 0 Å². The molecule has 1 aliphatic rings. The van der Waals surface area contributed by atoms with E-state index in [9.17, 15) is 0 Å². The van der Waals surface area contributed by atoms with Crippen molar-refractivity contribution in [3.05, 3.63) is 0 Å². The lowest BCUT2D eigenvalue weighted by Gasteiger charge is -2.24. The second kappa shape index (κ2) is 3.89. The van der Waals surface area contributed by atoms with Gasteiger partial charge in [-0.1, -0.05) is 66.3 Å². The molecule has 0 radical (unpaired) electrons. The van der Waals surface area contributed by atoms with E-state index < -0.39 is 0 Å². The average molecular weight is 234 g/mol. The second-order valence-corrected chi connectivity index (χ2v) is 11.1. The van der Waals surface area contributed by atoms with E-state index in [2.05, 4.69) is 41.5 Å². The first-order chi connectivity index (χ1) is 5.71. The van der Waals surface area contributed by atoms with Gasteiger partial charge in [0.05, 0.1) is 0 Å². The van der Waals surface area contributed by atoms with Crippen LogP contribution in [0.4, 0.5) is 0 Å². The van der Waals surface area contributed by atoms with Crippen LogP contribution in [0.25, 0.3) is 0 Å². The Hall–Kier alpha value is 1.03. The van der Waals surface area contributed by atoms with Gasteiger partial charge in [-0.15, -0.1) is 0 Å². The van der Waals surface area contributed by atoms with E-state index in [1.54, 1.807) is 13.2 Å². The molecule has 76 valence electrons. The third-order valence-electron chi connectivity index (χ3n) is 2.12. The third-order valence-corrected chi connectivity index (χ3v) is 11.3. The van der Waals surface area contributed by atoms with Crippen LogP contribution >= 0.6 is 24.7 Å². The van der Waals surface area contributed by atoms with Crippen LogP contribution in [0.5, 0.6) is 0 Å². The lowest BCUT2D eigenvalue weighted by Crippen LogP contribution is -2.15. The fraction of sp³-hybridized carbons (Fsp3) is 0.900. The maximum Gasteiger partial charge on any atom is 0.0274 e. The first kappa shape index (κ1) is 12.1. The number of hydrogen-bond acceptors (Lipinski definition) is 0. The molecular formula is C10H21P3. The summed E-state index contributed by atoms with van der Waals surface area (Å²) in [6, 6.07) is 0. The SMILES string of the molecule is CC(C)(C)C1=PC(C(C)(C)C)PP1. The molecule has 1 aliphatic heterocycles. The van der Waals surface area contributed by atoms with Crippen LogP contribution in [0.15, 0.2) is 0 Å². The van der Waals surface area contributed by atoms with Gasteiger partial charge in [-0.25, -0.2) is 0 Å². The summed E-state index contributed by atoms with van der Waals surface area (Å²) in [5.41, 5.74) is 0.965. The minimum absolute atomic E-state index is 0.451. The van der Waals surface area contributed by atoms with Crippen molar-refractivity contribution in [1.82, 2.24) is 0 Å². The Morgan fingerprint density at radius 3 is 1.85 bits per heavy atom. The van der Waals surface area contributed by atoms with Crippen molar-refractivity contribution < 1.29 is 0 Å². The average Bonchev–Trinajstić information content (AvgIpc) is 2.28. The van der Waals surface area contributed by atoms with Crippen molar-refractivity contribution in [2.75, 3.05) is 0 Å². The highest BCUT2D eigenvalue weighted by Gasteiger charge is 2.31. The molecule has 3 atom stereocenters. The molecule has 0 aromatic carbocycles. The summed E-state index contributed by atoms with van der Waals surface area (Å²) >= 11 is 0. The van der Waals surface area contributed by atoms with Gasteiger partial charge in [0, 0.05) is 5.40 Å². The summed E-state index contributed by atoms with van der Waals surface area (Å²) in [7, 11) is 3.97. The van der Waals surface area contributed by atoms with Gasteiger partial charge >= 0.3 is 0 Å². The maximum absolute atomic E-state index is 2.38. The highest BCUT2D eigenvalue weighted by Crippen LogP contribution is 2.63. The summed E-state index contributed by atoms with van der Waals surface area (Å²) in [5, 5.41) is 2.73. The van der Waals surface area contributed by atoms with Gasteiger partial charge in [0.1, 0.15) is 0 Å². The van der Waals surface area contributed by atoms with Crippen LogP contribution < -0.4 is 0 Å². The molecule has 0 aliphatic carbocycles. The number of rotatable bonds is 0. The smallest absolute Gasteiger partial charge is 0.0274 e. The summed E-state index contributed by atoms with van der Waals surface area (Å²) in [4.78, 5) is 0. The summed E-state index contributed by atoms with van der Waals surface area (Å²) in [6.45, 7) is 14.2. The lowest BCUT2D eigenvalue weighted by molar-refractivity contribution is 0.458. The van der Waals surface area contributed by atoms with Gasteiger partial charge in [-0.3, -0.25) is 0 Å². The predicted molar refractivity (Wildman–Crippen MR) is 71.3 cm³/mol. The molecule has 13 heavy (non-hydrogen) atoms. The van der Waals surface area contributed by atoms with E-state index in [4.69, 9.17) is 0 Å². The van der Waals surface area contributed by atoms with Crippen LogP contribution in [0.3, 0.4) is 0 Å². The molecule has 1 heterocycles. The molecule has 0 saturated carbocycles. The first-order valence-corrected chi connectivity index (χ1v) is 8.85. The molecule has 0 aromatic heterocycles. The quantitative estimate of drug-likeness (QED) is 0.530. The van der Waals surface area contributed by atoms with Crippen LogP contribution in [0.1, 0.15) is 41.5 Å². The largest absolute Gasteiger partial charge is 0.0910 e. The Morgan fingerprint density at radius 2 is 1.62 bits per heavy atom. The predicted octanol–water partition coefficient (Wildman–Crippen LogP) is 4.77. The zero-order valence-corrected chi connectivity index (χ0v) is 12.4. The summed E-state index contributed by atoms with van der Waals surface area (Å²) in [5.74, 6) is 0. The van der Waals surface area contributed by atoms with E-state index in [1.165, 1.54) is 8.27 Å². The van der Waals surface area contributed by atoms with E-state index in [0.717, 1.165) is 13.7 Å². The Labute approximate surface area is 87.9 Å². The molecule has 0 nitrogen and oxygen atoms in total. The Balaban J connectivity index is 2.76. The highest BCUT2D eigenvalue weighted by molar-refractivity contribution is 8.27. The van der Waals surface area contributed by atoms with E-state index in [0.29, 0.717) is 10.8 Å². The normalized spacial score (nSPS) is 29.7. The zero-order chi connectivity index (χ0) is 10.3. The molecule has 0 saturated heterocycles. The van der Waals surface area contributed by atoms with Crippen molar-refractivity contribution in [3.8, 4) is 0 Å². The van der Waals surface area contributed by atoms with Gasteiger partial charge in [-0.05, 0) is 15.9 Å². The van der Waals surface area contributed by atoms with Crippen molar-refractivity contribution >= 4 is 29.8 Å². The minimum Gasteiger partial charge on any atom is -0.0910 e. The first-order valence-electron chi connectivity index (χ1n) is 4.81. The monoisotopic (exact) mass is 234 g/mol. The molecule has 0 amide bonds. The van der Waals surface area contributed by atoms with Gasteiger partial charge < -0.3 is 0 Å². The summed E-state index contributed by atoms with van der Waals surface area (Å²) < 4.78 is 0. The van der Waals surface area contributed by atoms with Crippen LogP contribution in [0.2, 0.25) is 0 Å². The van der Waals surface area contributed by atoms with E-state index in [1.807, 2.05) is 0 Å². The van der Waals surface area contributed by atoms with E-state index >= 15 is 0 Å². The molecular weight excluding hydrogens is 213 g/mol. The molecule has 3 heteroatoms. The third kappa shape index (κ3) is 3.27. The Morgan fingerprint density at radius 1 is 1.08 bits per heavy atom. The summed E-state index contributed by atoms with van der Waals surface area (Å²) in [6.07, 6.45) is 0. The molecule has 0 aromatic rings. The molecule has 1 rings (SSSR count). The molecule has 0 spiro atoms. The van der Waals surface area contributed by atoms with Crippen LogP contribution in [-0.2, 0) is 0 Å². The Bertz CT molecular complexity index is 217. The maximum atomic E-state index is 2.38. The fourth-order valence-corrected chi connectivity index (χ4v) is 10.5. The fourth-order valence-electron chi connectivity index (χ4n) is 1.12. The van der Waals surface area contributed by atoms with E-state index in [-0.39, 0.29) is 0 Å². The molecule has 0 fully saturated rings.